The Balaban J connectivity index is 2.26. The smallest absolute Gasteiger partial charge is 0.456 e. The van der Waals surface area contributed by atoms with Crippen molar-refractivity contribution in [2.75, 3.05) is 0 Å². The first-order valence-corrected chi connectivity index (χ1v) is 8.54. The third-order valence-electron chi connectivity index (χ3n) is 4.58. The average molecular weight is 387 g/mol. The van der Waals surface area contributed by atoms with E-state index in [0.29, 0.717) is 11.7 Å². The van der Waals surface area contributed by atoms with Crippen LogP contribution < -0.4 is 10.2 Å². The number of nitrogens with zero attached hydrogens (tertiary/aromatic N) is 1. The summed E-state index contributed by atoms with van der Waals surface area (Å²) in [5.74, 6) is 0.373. The summed E-state index contributed by atoms with van der Waals surface area (Å²) >= 11 is 0. The van der Waals surface area contributed by atoms with Gasteiger partial charge < -0.3 is 19.5 Å². The Morgan fingerprint density at radius 3 is 2.39 bits per heavy atom. The Kier molecular flexibility index (Phi) is 6.23. The predicted octanol–water partition coefficient (Wildman–Crippen LogP) is 2.45. The molecule has 0 spiro atoms. The van der Waals surface area contributed by atoms with Crippen molar-refractivity contribution in [1.82, 2.24) is 0 Å². The van der Waals surface area contributed by atoms with Crippen LogP contribution in [0, 0.1) is 10.1 Å². The molecule has 148 valence electrons. The molecular formula is C19H22BNO7. The molecule has 9 heteroatoms. The second-order valence-corrected chi connectivity index (χ2v) is 7.31. The molecule has 0 amide bonds. The molecule has 0 unspecified atom stereocenters. The lowest BCUT2D eigenvalue weighted by Gasteiger charge is -2.38. The van der Waals surface area contributed by atoms with Crippen LogP contribution in [0.3, 0.4) is 0 Å². The molecule has 28 heavy (non-hydrogen) atoms. The number of nitro groups is 1. The molecule has 0 aliphatic carbocycles. The SMILES string of the molecule is CC(C)(O)C(C)(C)OB(O)c1ccc(Oc2cccc([N+](=O)[O-])c2)c(C=O)c1. The largest absolute Gasteiger partial charge is 0.491 e. The first kappa shape index (κ1) is 21.6. The Hall–Kier alpha value is -2.75. The number of hydrogen-bond donors (Lipinski definition) is 2. The highest BCUT2D eigenvalue weighted by molar-refractivity contribution is 6.60. The number of ether oxygens (including phenoxy) is 1. The Morgan fingerprint density at radius 1 is 1.14 bits per heavy atom. The molecule has 0 radical (unpaired) electrons. The molecule has 2 N–H and O–H groups in total. The summed E-state index contributed by atoms with van der Waals surface area (Å²) in [5, 5.41) is 31.4. The number of non-ortho nitro benzene ring substituents is 1. The molecular weight excluding hydrogens is 365 g/mol. The molecule has 0 saturated carbocycles. The number of aliphatic hydroxyl groups is 1. The van der Waals surface area contributed by atoms with Crippen molar-refractivity contribution in [2.24, 2.45) is 0 Å². The van der Waals surface area contributed by atoms with Gasteiger partial charge in [0, 0.05) is 6.07 Å². The molecule has 0 atom stereocenters. The van der Waals surface area contributed by atoms with Crippen LogP contribution in [-0.2, 0) is 4.65 Å². The average Bonchev–Trinajstić information content (AvgIpc) is 2.60. The second kappa shape index (κ2) is 8.09. The molecule has 8 nitrogen and oxygen atoms in total. The highest BCUT2D eigenvalue weighted by atomic mass is 16.6. The lowest BCUT2D eigenvalue weighted by molar-refractivity contribution is -0.384. The summed E-state index contributed by atoms with van der Waals surface area (Å²) in [6, 6.07) is 9.93. The number of benzene rings is 2. The molecule has 0 fully saturated rings. The molecule has 0 aliphatic heterocycles. The molecule has 0 saturated heterocycles. The maximum absolute atomic E-state index is 11.5. The minimum atomic E-state index is -1.38. The van der Waals surface area contributed by atoms with Crippen LogP contribution in [0.2, 0.25) is 0 Å². The number of carbonyl (C=O) groups is 1. The first-order valence-electron chi connectivity index (χ1n) is 8.54. The Labute approximate surface area is 163 Å². The monoisotopic (exact) mass is 387 g/mol. The van der Waals surface area contributed by atoms with Gasteiger partial charge in [0.2, 0.25) is 0 Å². The fourth-order valence-electron chi connectivity index (χ4n) is 2.18. The van der Waals surface area contributed by atoms with E-state index < -0.39 is 23.2 Å². The van der Waals surface area contributed by atoms with E-state index in [2.05, 4.69) is 0 Å². The van der Waals surface area contributed by atoms with E-state index in [1.165, 1.54) is 42.5 Å². The van der Waals surface area contributed by atoms with Crippen LogP contribution in [0.25, 0.3) is 0 Å². The van der Waals surface area contributed by atoms with Crippen molar-refractivity contribution in [3.8, 4) is 11.5 Å². The quantitative estimate of drug-likeness (QED) is 0.309. The van der Waals surface area contributed by atoms with Crippen molar-refractivity contribution in [2.45, 2.75) is 38.9 Å². The summed E-state index contributed by atoms with van der Waals surface area (Å²) in [6.07, 6.45) is 0.546. The zero-order chi connectivity index (χ0) is 21.1. The predicted molar refractivity (Wildman–Crippen MR) is 104 cm³/mol. The van der Waals surface area contributed by atoms with Gasteiger partial charge in [0.05, 0.1) is 27.8 Å². The topological polar surface area (TPSA) is 119 Å². The van der Waals surface area contributed by atoms with Crippen molar-refractivity contribution in [3.63, 3.8) is 0 Å². The van der Waals surface area contributed by atoms with Crippen molar-refractivity contribution in [3.05, 3.63) is 58.1 Å². The van der Waals surface area contributed by atoms with E-state index in [1.807, 2.05) is 0 Å². The number of carbonyl (C=O) groups excluding carboxylic acids is 1. The van der Waals surface area contributed by atoms with Crippen molar-refractivity contribution >= 4 is 24.6 Å². The Bertz CT molecular complexity index is 877. The Morgan fingerprint density at radius 2 is 1.82 bits per heavy atom. The van der Waals surface area contributed by atoms with Gasteiger partial charge >= 0.3 is 7.12 Å². The van der Waals surface area contributed by atoms with Gasteiger partial charge in [-0.3, -0.25) is 14.9 Å². The van der Waals surface area contributed by atoms with E-state index in [-0.39, 0.29) is 22.7 Å². The second-order valence-electron chi connectivity index (χ2n) is 7.31. The number of rotatable bonds is 8. The van der Waals surface area contributed by atoms with Crippen LogP contribution in [0.4, 0.5) is 5.69 Å². The molecule has 0 aliphatic rings. The lowest BCUT2D eigenvalue weighted by Crippen LogP contribution is -2.53. The third kappa shape index (κ3) is 4.95. The van der Waals surface area contributed by atoms with Gasteiger partial charge in [0.1, 0.15) is 11.5 Å². The van der Waals surface area contributed by atoms with Crippen LogP contribution >= 0.6 is 0 Å². The number of nitro benzene ring substituents is 1. The highest BCUT2D eigenvalue weighted by Crippen LogP contribution is 2.28. The molecule has 0 aromatic heterocycles. The standard InChI is InChI=1S/C19H22BNO7/c1-18(2,23)19(3,4)28-20(24)14-8-9-17(13(10-14)12-22)27-16-7-5-6-15(11-16)21(25)26/h5-12,23-24H,1-4H3. The highest BCUT2D eigenvalue weighted by Gasteiger charge is 2.39. The zero-order valence-corrected chi connectivity index (χ0v) is 16.1. The fourth-order valence-corrected chi connectivity index (χ4v) is 2.18. The summed E-state index contributed by atoms with van der Waals surface area (Å²) in [6.45, 7) is 6.40. The van der Waals surface area contributed by atoms with Gasteiger partial charge in [0.25, 0.3) is 5.69 Å². The van der Waals surface area contributed by atoms with Crippen molar-refractivity contribution in [1.29, 1.82) is 0 Å². The third-order valence-corrected chi connectivity index (χ3v) is 4.58. The van der Waals surface area contributed by atoms with Crippen LogP contribution in [0.15, 0.2) is 42.5 Å². The summed E-state index contributed by atoms with van der Waals surface area (Å²) < 4.78 is 11.1. The van der Waals surface area contributed by atoms with E-state index in [0.717, 1.165) is 0 Å². The van der Waals surface area contributed by atoms with Gasteiger partial charge in [-0.05, 0) is 51.4 Å². The van der Waals surface area contributed by atoms with Gasteiger partial charge in [-0.25, -0.2) is 0 Å². The minimum Gasteiger partial charge on any atom is -0.456 e. The summed E-state index contributed by atoms with van der Waals surface area (Å²) in [7, 11) is -1.38. The van der Waals surface area contributed by atoms with E-state index in [1.54, 1.807) is 27.7 Å². The van der Waals surface area contributed by atoms with Gasteiger partial charge in [-0.2, -0.15) is 0 Å². The minimum absolute atomic E-state index is 0.132. The maximum Gasteiger partial charge on any atom is 0.491 e. The fraction of sp³-hybridized carbons (Fsp3) is 0.316. The molecule has 0 bridgehead atoms. The number of aldehydes is 1. The van der Waals surface area contributed by atoms with Gasteiger partial charge in [-0.15, -0.1) is 0 Å². The molecule has 2 aromatic rings. The molecule has 2 rings (SSSR count). The summed E-state index contributed by atoms with van der Waals surface area (Å²) in [5.41, 5.74) is -1.99. The number of hydrogen-bond acceptors (Lipinski definition) is 7. The molecule has 0 heterocycles. The van der Waals surface area contributed by atoms with E-state index >= 15 is 0 Å². The summed E-state index contributed by atoms with van der Waals surface area (Å²) in [4.78, 5) is 21.8. The molecule has 2 aromatic carbocycles. The van der Waals surface area contributed by atoms with Gasteiger partial charge in [-0.1, -0.05) is 12.1 Å². The van der Waals surface area contributed by atoms with E-state index in [9.17, 15) is 25.0 Å². The van der Waals surface area contributed by atoms with Crippen LogP contribution in [0.1, 0.15) is 38.1 Å². The maximum atomic E-state index is 11.5. The van der Waals surface area contributed by atoms with Crippen LogP contribution in [-0.4, -0.2) is 39.7 Å². The first-order chi connectivity index (χ1) is 12.9. The van der Waals surface area contributed by atoms with Gasteiger partial charge in [0.15, 0.2) is 6.29 Å². The zero-order valence-electron chi connectivity index (χ0n) is 16.1. The van der Waals surface area contributed by atoms with Crippen molar-refractivity contribution < 1.29 is 29.2 Å². The van der Waals surface area contributed by atoms with E-state index in [4.69, 9.17) is 9.39 Å². The normalized spacial score (nSPS) is 11.8. The lowest BCUT2D eigenvalue weighted by atomic mass is 9.76. The van der Waals surface area contributed by atoms with Crippen LogP contribution in [0.5, 0.6) is 11.5 Å².